The van der Waals surface area contributed by atoms with Gasteiger partial charge in [0.05, 0.1) is 26.5 Å². The van der Waals surface area contributed by atoms with Crippen LogP contribution in [0, 0.1) is 6.92 Å². The molecule has 0 radical (unpaired) electrons. The topological polar surface area (TPSA) is 82.3 Å². The van der Waals surface area contributed by atoms with Crippen molar-refractivity contribution in [1.29, 1.82) is 0 Å². The zero-order valence-electron chi connectivity index (χ0n) is 16.8. The third-order valence-corrected chi connectivity index (χ3v) is 5.23. The Hall–Kier alpha value is -3.10. The molecule has 0 aliphatic carbocycles. The summed E-state index contributed by atoms with van der Waals surface area (Å²) in [5.41, 5.74) is 8.99. The summed E-state index contributed by atoms with van der Waals surface area (Å²) in [4.78, 5) is 13.0. The molecule has 0 atom stereocenters. The lowest BCUT2D eigenvalue weighted by Crippen LogP contribution is -2.24. The molecule has 29 heavy (non-hydrogen) atoms. The van der Waals surface area contributed by atoms with Crippen LogP contribution in [-0.2, 0) is 6.54 Å². The van der Waals surface area contributed by atoms with Crippen molar-refractivity contribution >= 4 is 0 Å². The lowest BCUT2D eigenvalue weighted by molar-refractivity contribution is 0.393. The fourth-order valence-electron chi connectivity index (χ4n) is 3.57. The first kappa shape index (κ1) is 19.2. The molecule has 1 aliphatic heterocycles. The second-order valence-electron chi connectivity index (χ2n) is 7.10. The highest BCUT2D eigenvalue weighted by molar-refractivity contribution is 5.39. The van der Waals surface area contributed by atoms with Gasteiger partial charge in [0.25, 0.3) is 0 Å². The van der Waals surface area contributed by atoms with E-state index in [9.17, 15) is 4.79 Å². The number of nitrogens with zero attached hydrogens (tertiary/aromatic N) is 3. The summed E-state index contributed by atoms with van der Waals surface area (Å²) in [6, 6.07) is 13.6. The van der Waals surface area contributed by atoms with Gasteiger partial charge in [-0.05, 0) is 42.3 Å². The van der Waals surface area contributed by atoms with E-state index in [1.165, 1.54) is 10.2 Å². The Morgan fingerprint density at radius 3 is 2.24 bits per heavy atom. The summed E-state index contributed by atoms with van der Waals surface area (Å²) < 4.78 is 13.7. The van der Waals surface area contributed by atoms with E-state index >= 15 is 0 Å². The summed E-state index contributed by atoms with van der Waals surface area (Å²) in [7, 11) is 3.21. The van der Waals surface area contributed by atoms with E-state index in [1.54, 1.807) is 24.9 Å². The van der Waals surface area contributed by atoms with Crippen LogP contribution in [0.25, 0.3) is 5.69 Å². The number of methoxy groups -OCH3 is 2. The lowest BCUT2D eigenvalue weighted by Gasteiger charge is -2.09. The van der Waals surface area contributed by atoms with Crippen LogP contribution in [0.15, 0.2) is 47.3 Å². The quantitative estimate of drug-likeness (QED) is 0.660. The highest BCUT2D eigenvalue weighted by Gasteiger charge is 2.17. The monoisotopic (exact) mass is 395 g/mol. The van der Waals surface area contributed by atoms with E-state index < -0.39 is 0 Å². The van der Waals surface area contributed by atoms with Gasteiger partial charge < -0.3 is 9.47 Å². The van der Waals surface area contributed by atoms with Crippen LogP contribution in [0.4, 0.5) is 0 Å². The van der Waals surface area contributed by atoms with Crippen molar-refractivity contribution in [3.05, 3.63) is 69.9 Å². The zero-order chi connectivity index (χ0) is 20.4. The Morgan fingerprint density at radius 1 is 1.03 bits per heavy atom. The second-order valence-corrected chi connectivity index (χ2v) is 7.10. The molecule has 0 unspecified atom stereocenters. The summed E-state index contributed by atoms with van der Waals surface area (Å²) in [5.74, 6) is 2.45. The number of nitrogens with one attached hydrogen (secondary N) is 2. The number of rotatable bonds is 6. The number of hydrogen-bond donors (Lipinski definition) is 2. The molecule has 1 saturated heterocycles. The molecule has 0 amide bonds. The molecule has 2 aromatic carbocycles. The fourth-order valence-corrected chi connectivity index (χ4v) is 3.57. The maximum atomic E-state index is 13.0. The van der Waals surface area contributed by atoms with Gasteiger partial charge in [0.15, 0.2) is 0 Å². The molecule has 1 aromatic heterocycles. The lowest BCUT2D eigenvalue weighted by atomic mass is 10.0. The van der Waals surface area contributed by atoms with Crippen molar-refractivity contribution < 1.29 is 9.47 Å². The van der Waals surface area contributed by atoms with Crippen molar-refractivity contribution in [1.82, 2.24) is 25.2 Å². The Balaban J connectivity index is 1.62. The van der Waals surface area contributed by atoms with Gasteiger partial charge in [0.2, 0.25) is 0 Å². The van der Waals surface area contributed by atoms with Crippen LogP contribution in [0.5, 0.6) is 11.5 Å². The van der Waals surface area contributed by atoms with Crippen LogP contribution < -0.4 is 26.0 Å². The molecular formula is C21H25N5O3. The summed E-state index contributed by atoms with van der Waals surface area (Å²) in [6.07, 6.45) is 0. The molecule has 3 aromatic rings. The Kier molecular flexibility index (Phi) is 5.37. The van der Waals surface area contributed by atoms with E-state index in [1.807, 2.05) is 31.2 Å². The largest absolute Gasteiger partial charge is 0.497 e. The van der Waals surface area contributed by atoms with E-state index in [0.717, 1.165) is 24.3 Å². The molecule has 2 heterocycles. The SMILES string of the molecule is COc1cc(Cn2c(C)nn(-c3ccc(C4CNNC4)cc3)c2=O)cc(OC)c1. The van der Waals surface area contributed by atoms with Crippen LogP contribution >= 0.6 is 0 Å². The molecular weight excluding hydrogens is 370 g/mol. The molecule has 1 aliphatic rings. The first-order valence-electron chi connectivity index (χ1n) is 9.53. The summed E-state index contributed by atoms with van der Waals surface area (Å²) >= 11 is 0. The number of aromatic nitrogens is 3. The average Bonchev–Trinajstić information content (AvgIpc) is 3.38. The highest BCUT2D eigenvalue weighted by atomic mass is 16.5. The minimum atomic E-state index is -0.179. The number of benzene rings is 2. The van der Waals surface area contributed by atoms with E-state index in [0.29, 0.717) is 29.8 Å². The number of ether oxygens (including phenoxy) is 2. The average molecular weight is 395 g/mol. The second kappa shape index (κ2) is 8.10. The number of aryl methyl sites for hydroxylation is 1. The van der Waals surface area contributed by atoms with Crippen molar-refractivity contribution in [2.75, 3.05) is 27.3 Å². The van der Waals surface area contributed by atoms with Crippen LogP contribution in [0.2, 0.25) is 0 Å². The minimum absolute atomic E-state index is 0.179. The highest BCUT2D eigenvalue weighted by Crippen LogP contribution is 2.23. The minimum Gasteiger partial charge on any atom is -0.497 e. The summed E-state index contributed by atoms with van der Waals surface area (Å²) in [6.45, 7) is 4.02. The molecule has 152 valence electrons. The maximum Gasteiger partial charge on any atom is 0.351 e. The van der Waals surface area contributed by atoms with Gasteiger partial charge in [-0.3, -0.25) is 15.4 Å². The van der Waals surface area contributed by atoms with E-state index in [4.69, 9.17) is 9.47 Å². The van der Waals surface area contributed by atoms with Crippen LogP contribution in [0.1, 0.15) is 22.9 Å². The normalized spacial score (nSPS) is 14.3. The third kappa shape index (κ3) is 3.90. The van der Waals surface area contributed by atoms with Gasteiger partial charge in [0.1, 0.15) is 17.3 Å². The molecule has 4 rings (SSSR count). The van der Waals surface area contributed by atoms with Gasteiger partial charge in [0, 0.05) is 25.1 Å². The van der Waals surface area contributed by atoms with Crippen LogP contribution in [-0.4, -0.2) is 41.7 Å². The molecule has 2 N–H and O–H groups in total. The van der Waals surface area contributed by atoms with Crippen molar-refractivity contribution in [2.45, 2.75) is 19.4 Å². The third-order valence-electron chi connectivity index (χ3n) is 5.23. The van der Waals surface area contributed by atoms with Crippen molar-refractivity contribution in [3.63, 3.8) is 0 Å². The number of hydrazine groups is 1. The first-order chi connectivity index (χ1) is 14.1. The Morgan fingerprint density at radius 2 is 1.66 bits per heavy atom. The van der Waals surface area contributed by atoms with Gasteiger partial charge in [-0.1, -0.05) is 12.1 Å². The number of hydrogen-bond acceptors (Lipinski definition) is 6. The molecule has 1 fully saturated rings. The molecule has 0 spiro atoms. The van der Waals surface area contributed by atoms with E-state index in [2.05, 4.69) is 28.1 Å². The Bertz CT molecular complexity index is 1030. The van der Waals surface area contributed by atoms with Crippen molar-refractivity contribution in [2.24, 2.45) is 0 Å². The summed E-state index contributed by atoms with van der Waals surface area (Å²) in [5, 5.41) is 4.47. The predicted octanol–water partition coefficient (Wildman–Crippen LogP) is 1.60. The first-order valence-corrected chi connectivity index (χ1v) is 9.53. The van der Waals surface area contributed by atoms with Crippen LogP contribution in [0.3, 0.4) is 0 Å². The van der Waals surface area contributed by atoms with Crippen molar-refractivity contribution in [3.8, 4) is 17.2 Å². The smallest absolute Gasteiger partial charge is 0.351 e. The van der Waals surface area contributed by atoms with Gasteiger partial charge >= 0.3 is 5.69 Å². The standard InChI is InChI=1S/C21H25N5O3/c1-14-24-26(18-6-4-16(5-7-18)17-11-22-23-12-17)21(27)25(14)13-15-8-19(28-2)10-20(9-15)29-3/h4-10,17,22-23H,11-13H2,1-3H3. The molecule has 8 nitrogen and oxygen atoms in total. The zero-order valence-corrected chi connectivity index (χ0v) is 16.8. The molecule has 8 heteroatoms. The Labute approximate surface area is 169 Å². The van der Waals surface area contributed by atoms with Gasteiger partial charge in [-0.2, -0.15) is 9.78 Å². The van der Waals surface area contributed by atoms with E-state index in [-0.39, 0.29) is 5.69 Å². The van der Waals surface area contributed by atoms with Gasteiger partial charge in [-0.15, -0.1) is 0 Å². The fraction of sp³-hybridized carbons (Fsp3) is 0.333. The molecule has 0 saturated carbocycles. The molecule has 0 bridgehead atoms. The maximum absolute atomic E-state index is 13.0. The predicted molar refractivity (Wildman–Crippen MR) is 110 cm³/mol. The van der Waals surface area contributed by atoms with Gasteiger partial charge in [-0.25, -0.2) is 4.79 Å².